The molecule has 5 rings (SSSR count). The van der Waals surface area contributed by atoms with Gasteiger partial charge >= 0.3 is 0 Å². The molecule has 0 N–H and O–H groups in total. The van der Waals surface area contributed by atoms with Crippen molar-refractivity contribution >= 4 is 40.6 Å². The lowest BCUT2D eigenvalue weighted by atomic mass is 10.1. The topological polar surface area (TPSA) is 70.2 Å². The molecule has 0 bridgehead atoms. The number of amides is 3. The average molecular weight is 550 g/mol. The van der Waals surface area contributed by atoms with Crippen molar-refractivity contribution in [1.29, 1.82) is 0 Å². The lowest BCUT2D eigenvalue weighted by Crippen LogP contribution is -2.48. The zero-order chi connectivity index (χ0) is 27.5. The van der Waals surface area contributed by atoms with Gasteiger partial charge in [-0.3, -0.25) is 19.3 Å². The van der Waals surface area contributed by atoms with Crippen LogP contribution < -0.4 is 9.64 Å². The van der Waals surface area contributed by atoms with Gasteiger partial charge in [-0.1, -0.05) is 30.3 Å². The molecule has 3 amide bonds. The maximum absolute atomic E-state index is 13.5. The minimum absolute atomic E-state index is 0.0759. The van der Waals surface area contributed by atoms with Gasteiger partial charge in [-0.05, 0) is 65.4 Å². The zero-order valence-corrected chi connectivity index (χ0v) is 21.9. The van der Waals surface area contributed by atoms with E-state index in [2.05, 4.69) is 4.90 Å². The van der Waals surface area contributed by atoms with Crippen molar-refractivity contribution in [2.75, 3.05) is 38.2 Å². The molecule has 3 aromatic rings. The minimum atomic E-state index is -1.04. The highest BCUT2D eigenvalue weighted by Crippen LogP contribution is 2.33. The Morgan fingerprint density at radius 3 is 2.36 bits per heavy atom. The molecule has 7 nitrogen and oxygen atoms in total. The van der Waals surface area contributed by atoms with Crippen molar-refractivity contribution in [1.82, 2.24) is 9.80 Å². The van der Waals surface area contributed by atoms with E-state index >= 15 is 0 Å². The Kier molecular flexibility index (Phi) is 7.65. The number of imide groups is 1. The number of benzene rings is 3. The molecule has 200 valence electrons. The third-order valence-corrected chi connectivity index (χ3v) is 7.55. The summed E-state index contributed by atoms with van der Waals surface area (Å²) in [5.74, 6) is -1.82. The van der Waals surface area contributed by atoms with Gasteiger partial charge in [-0.2, -0.15) is 0 Å². The van der Waals surface area contributed by atoms with Gasteiger partial charge in [0.1, 0.15) is 5.75 Å². The van der Waals surface area contributed by atoms with Crippen LogP contribution in [0.25, 0.3) is 6.08 Å². The van der Waals surface area contributed by atoms with Crippen LogP contribution in [0.3, 0.4) is 0 Å². The van der Waals surface area contributed by atoms with Crippen LogP contribution in [0, 0.1) is 11.6 Å². The third-order valence-electron chi connectivity index (χ3n) is 6.65. The van der Waals surface area contributed by atoms with Crippen molar-refractivity contribution in [3.05, 3.63) is 100.0 Å². The molecule has 10 heteroatoms. The number of halogens is 2. The molecule has 0 aromatic heterocycles. The first-order valence-corrected chi connectivity index (χ1v) is 13.1. The van der Waals surface area contributed by atoms with Gasteiger partial charge in [0.05, 0.1) is 24.2 Å². The van der Waals surface area contributed by atoms with Gasteiger partial charge in [-0.15, -0.1) is 0 Å². The predicted molar refractivity (Wildman–Crippen MR) is 145 cm³/mol. The van der Waals surface area contributed by atoms with E-state index in [0.29, 0.717) is 42.9 Å². The standard InChI is InChI=1S/C29H25F2N3O4S/c1-38-25-5-3-2-4-24(25)32-12-14-33(15-13-32)27(35)21-9-6-19(7-10-21)17-26-28(36)34(29(37)39-26)18-20-8-11-22(30)23(31)16-20/h2-11,16-17H,12-15,18H2,1H3/b26-17-. The number of rotatable bonds is 6. The molecule has 0 unspecified atom stereocenters. The fourth-order valence-corrected chi connectivity index (χ4v) is 5.39. The average Bonchev–Trinajstić information content (AvgIpc) is 3.22. The number of anilines is 1. The lowest BCUT2D eigenvalue weighted by Gasteiger charge is -2.36. The zero-order valence-electron chi connectivity index (χ0n) is 21.1. The van der Waals surface area contributed by atoms with Crippen molar-refractivity contribution in [2.24, 2.45) is 0 Å². The molecule has 2 aliphatic heterocycles. The molecule has 39 heavy (non-hydrogen) atoms. The monoisotopic (exact) mass is 549 g/mol. The number of piperazine rings is 1. The van der Waals surface area contributed by atoms with Crippen molar-refractivity contribution in [3.63, 3.8) is 0 Å². The van der Waals surface area contributed by atoms with Gasteiger partial charge < -0.3 is 14.5 Å². The first-order chi connectivity index (χ1) is 18.8. The van der Waals surface area contributed by atoms with Crippen molar-refractivity contribution in [2.45, 2.75) is 6.54 Å². The molecule has 2 fully saturated rings. The summed E-state index contributed by atoms with van der Waals surface area (Å²) < 4.78 is 32.2. The van der Waals surface area contributed by atoms with Crippen LogP contribution in [0.15, 0.2) is 71.6 Å². The van der Waals surface area contributed by atoms with Crippen LogP contribution in [0.2, 0.25) is 0 Å². The Morgan fingerprint density at radius 2 is 1.67 bits per heavy atom. The fourth-order valence-electron chi connectivity index (χ4n) is 4.55. The quantitative estimate of drug-likeness (QED) is 0.395. The van der Waals surface area contributed by atoms with Gasteiger partial charge in [0.25, 0.3) is 17.1 Å². The maximum atomic E-state index is 13.5. The van der Waals surface area contributed by atoms with E-state index in [0.717, 1.165) is 40.2 Å². The summed E-state index contributed by atoms with van der Waals surface area (Å²) in [7, 11) is 1.64. The number of carbonyl (C=O) groups is 3. The summed E-state index contributed by atoms with van der Waals surface area (Å²) in [4.78, 5) is 43.5. The highest BCUT2D eigenvalue weighted by molar-refractivity contribution is 8.18. The highest BCUT2D eigenvalue weighted by atomic mass is 32.2. The van der Waals surface area contributed by atoms with Crippen LogP contribution in [-0.4, -0.2) is 60.1 Å². The number of para-hydroxylation sites is 2. The lowest BCUT2D eigenvalue weighted by molar-refractivity contribution is -0.123. The maximum Gasteiger partial charge on any atom is 0.293 e. The van der Waals surface area contributed by atoms with Crippen LogP contribution in [0.5, 0.6) is 5.75 Å². The second kappa shape index (κ2) is 11.3. The van der Waals surface area contributed by atoms with Crippen LogP contribution in [0.4, 0.5) is 19.3 Å². The number of carbonyl (C=O) groups excluding carboxylic acids is 3. The highest BCUT2D eigenvalue weighted by Gasteiger charge is 2.35. The van der Waals surface area contributed by atoms with Crippen molar-refractivity contribution < 1.29 is 27.9 Å². The van der Waals surface area contributed by atoms with Crippen LogP contribution in [-0.2, 0) is 11.3 Å². The molecule has 0 atom stereocenters. The third kappa shape index (κ3) is 5.65. The van der Waals surface area contributed by atoms with Crippen LogP contribution in [0.1, 0.15) is 21.5 Å². The van der Waals surface area contributed by atoms with Gasteiger partial charge in [0, 0.05) is 31.7 Å². The van der Waals surface area contributed by atoms with Gasteiger partial charge in [0.2, 0.25) is 0 Å². The summed E-state index contributed by atoms with van der Waals surface area (Å²) in [6.45, 7) is 2.36. The fraction of sp³-hybridized carbons (Fsp3) is 0.207. The van der Waals surface area contributed by atoms with Crippen molar-refractivity contribution in [3.8, 4) is 5.75 Å². The number of thioether (sulfide) groups is 1. The second-order valence-corrected chi connectivity index (χ2v) is 10.1. The molecular weight excluding hydrogens is 524 g/mol. The van der Waals surface area contributed by atoms with E-state index in [1.54, 1.807) is 37.5 Å². The number of nitrogens with zero attached hydrogens (tertiary/aromatic N) is 3. The SMILES string of the molecule is COc1ccccc1N1CCN(C(=O)c2ccc(/C=C3\SC(=O)N(Cc4ccc(F)c(F)c4)C3=O)cc2)CC1. The van der Waals surface area contributed by atoms with E-state index in [-0.39, 0.29) is 17.4 Å². The first kappa shape index (κ1) is 26.4. The van der Waals surface area contributed by atoms with E-state index in [1.165, 1.54) is 6.07 Å². The van der Waals surface area contributed by atoms with E-state index in [4.69, 9.17) is 4.74 Å². The van der Waals surface area contributed by atoms with Gasteiger partial charge in [-0.25, -0.2) is 8.78 Å². The summed E-state index contributed by atoms with van der Waals surface area (Å²) in [5.41, 5.74) is 2.50. The number of hydrogen-bond acceptors (Lipinski definition) is 6. The smallest absolute Gasteiger partial charge is 0.293 e. The summed E-state index contributed by atoms with van der Waals surface area (Å²) in [5, 5.41) is -0.491. The molecular formula is C29H25F2N3O4S. The molecule has 2 saturated heterocycles. The number of methoxy groups -OCH3 is 1. The number of ether oxygens (including phenoxy) is 1. The molecule has 3 aromatic carbocycles. The summed E-state index contributed by atoms with van der Waals surface area (Å²) in [6.07, 6.45) is 1.58. The molecule has 0 saturated carbocycles. The molecule has 2 aliphatic rings. The summed E-state index contributed by atoms with van der Waals surface area (Å²) in [6, 6.07) is 17.9. The Hall–Kier alpha value is -4.18. The van der Waals surface area contributed by atoms with E-state index < -0.39 is 22.8 Å². The molecule has 0 spiro atoms. The second-order valence-electron chi connectivity index (χ2n) is 9.09. The molecule has 0 radical (unpaired) electrons. The summed E-state index contributed by atoms with van der Waals surface area (Å²) >= 11 is 0.779. The minimum Gasteiger partial charge on any atom is -0.495 e. The Bertz CT molecular complexity index is 1450. The molecule has 2 heterocycles. The Morgan fingerprint density at radius 1 is 0.949 bits per heavy atom. The number of hydrogen-bond donors (Lipinski definition) is 0. The van der Waals surface area contributed by atoms with E-state index in [9.17, 15) is 23.2 Å². The van der Waals surface area contributed by atoms with E-state index in [1.807, 2.05) is 29.2 Å². The Labute approximate surface area is 228 Å². The normalized spacial score (nSPS) is 16.8. The van der Waals surface area contributed by atoms with Crippen LogP contribution >= 0.6 is 11.8 Å². The van der Waals surface area contributed by atoms with Gasteiger partial charge in [0.15, 0.2) is 11.6 Å². The Balaban J connectivity index is 1.21. The largest absolute Gasteiger partial charge is 0.495 e. The predicted octanol–water partition coefficient (Wildman–Crippen LogP) is 5.17. The molecule has 0 aliphatic carbocycles. The first-order valence-electron chi connectivity index (χ1n) is 12.3.